The molecule has 0 N–H and O–H groups in total. The minimum Gasteiger partial charge on any atom is -0.465 e. The van der Waals surface area contributed by atoms with Crippen molar-refractivity contribution in [1.82, 2.24) is 0 Å². The average Bonchev–Trinajstić information content (AvgIpc) is 2.72. The van der Waals surface area contributed by atoms with Crippen LogP contribution in [0.25, 0.3) is 10.1 Å². The quantitative estimate of drug-likeness (QED) is 0.717. The molecule has 0 aliphatic rings. The Balaban J connectivity index is 2.73. The Hall–Kier alpha value is -1.08. The van der Waals surface area contributed by atoms with Gasteiger partial charge in [-0.05, 0) is 18.2 Å². The van der Waals surface area contributed by atoms with Crippen LogP contribution in [0.4, 0.5) is 13.2 Å². The van der Waals surface area contributed by atoms with Gasteiger partial charge < -0.3 is 4.74 Å². The average molecular weight is 339 g/mol. The number of esters is 1. The van der Waals surface area contributed by atoms with Crippen molar-refractivity contribution >= 4 is 43.3 Å². The molecule has 1 heterocycles. The number of alkyl halides is 3. The first-order chi connectivity index (χ1) is 8.34. The van der Waals surface area contributed by atoms with Crippen LogP contribution < -0.4 is 0 Å². The van der Waals surface area contributed by atoms with E-state index in [-0.39, 0.29) is 9.58 Å². The van der Waals surface area contributed by atoms with Crippen molar-refractivity contribution in [3.05, 3.63) is 33.1 Å². The summed E-state index contributed by atoms with van der Waals surface area (Å²) in [6.07, 6.45) is -4.45. The largest absolute Gasteiger partial charge is 0.465 e. The van der Waals surface area contributed by atoms with Crippen molar-refractivity contribution in [2.75, 3.05) is 7.11 Å². The molecule has 18 heavy (non-hydrogen) atoms. The van der Waals surface area contributed by atoms with Crippen molar-refractivity contribution in [2.45, 2.75) is 6.18 Å². The van der Waals surface area contributed by atoms with E-state index in [1.165, 1.54) is 19.2 Å². The summed E-state index contributed by atoms with van der Waals surface area (Å²) >= 11 is 3.94. The molecule has 0 bridgehead atoms. The number of hydrogen-bond acceptors (Lipinski definition) is 3. The smallest absolute Gasteiger partial charge is 0.417 e. The molecule has 2 aromatic rings. The predicted molar refractivity (Wildman–Crippen MR) is 65.9 cm³/mol. The number of thiophene rings is 1. The van der Waals surface area contributed by atoms with Gasteiger partial charge in [0.2, 0.25) is 0 Å². The van der Waals surface area contributed by atoms with E-state index in [1.54, 1.807) is 0 Å². The molecule has 0 atom stereocenters. The van der Waals surface area contributed by atoms with E-state index in [1.807, 2.05) is 0 Å². The highest BCUT2D eigenvalue weighted by Gasteiger charge is 2.34. The zero-order chi connectivity index (χ0) is 13.5. The highest BCUT2D eigenvalue weighted by atomic mass is 79.9. The Morgan fingerprint density at radius 3 is 2.61 bits per heavy atom. The topological polar surface area (TPSA) is 26.3 Å². The molecular formula is C11H6BrF3O2S. The van der Waals surface area contributed by atoms with Gasteiger partial charge in [0.05, 0.1) is 12.7 Å². The van der Waals surface area contributed by atoms with Gasteiger partial charge in [-0.1, -0.05) is 15.9 Å². The van der Waals surface area contributed by atoms with Gasteiger partial charge in [0.15, 0.2) is 0 Å². The fourth-order valence-electron chi connectivity index (χ4n) is 1.51. The number of hydrogen-bond donors (Lipinski definition) is 0. The summed E-state index contributed by atoms with van der Waals surface area (Å²) in [6.45, 7) is 0. The number of carbonyl (C=O) groups is 1. The Morgan fingerprint density at radius 2 is 2.06 bits per heavy atom. The summed E-state index contributed by atoms with van der Waals surface area (Å²) in [5.74, 6) is -0.642. The van der Waals surface area contributed by atoms with Gasteiger partial charge in [0, 0.05) is 14.6 Å². The van der Waals surface area contributed by atoms with Crippen LogP contribution in [-0.2, 0) is 10.9 Å². The van der Waals surface area contributed by atoms with Crippen LogP contribution in [0.15, 0.2) is 22.7 Å². The summed E-state index contributed by atoms with van der Waals surface area (Å²) in [6, 6.07) is 3.70. The van der Waals surface area contributed by atoms with Crippen LogP contribution in [0.2, 0.25) is 0 Å². The van der Waals surface area contributed by atoms with Gasteiger partial charge in [0.25, 0.3) is 0 Å². The molecule has 0 saturated heterocycles. The lowest BCUT2D eigenvalue weighted by Gasteiger charge is -2.07. The van der Waals surface area contributed by atoms with Crippen molar-refractivity contribution in [3.63, 3.8) is 0 Å². The molecule has 0 amide bonds. The Kier molecular flexibility index (Phi) is 3.37. The predicted octanol–water partition coefficient (Wildman–Crippen LogP) is 4.47. The van der Waals surface area contributed by atoms with Crippen molar-refractivity contribution in [2.24, 2.45) is 0 Å². The van der Waals surface area contributed by atoms with Crippen LogP contribution in [0.3, 0.4) is 0 Å². The van der Waals surface area contributed by atoms with E-state index in [0.717, 1.165) is 17.4 Å². The Labute approximate surface area is 112 Å². The second-order valence-electron chi connectivity index (χ2n) is 3.44. The molecule has 0 saturated carbocycles. The maximum Gasteiger partial charge on any atom is 0.417 e. The van der Waals surface area contributed by atoms with Crippen molar-refractivity contribution in [3.8, 4) is 0 Å². The number of fused-ring (bicyclic) bond motifs is 1. The van der Waals surface area contributed by atoms with E-state index in [0.29, 0.717) is 9.86 Å². The maximum atomic E-state index is 12.8. The summed E-state index contributed by atoms with van der Waals surface area (Å²) in [5, 5.41) is 0.357. The van der Waals surface area contributed by atoms with Crippen LogP contribution in [0, 0.1) is 0 Å². The van der Waals surface area contributed by atoms with Gasteiger partial charge in [0.1, 0.15) is 4.88 Å². The van der Waals surface area contributed by atoms with E-state index in [9.17, 15) is 18.0 Å². The highest BCUT2D eigenvalue weighted by molar-refractivity contribution is 9.10. The maximum absolute atomic E-state index is 12.8. The summed E-state index contributed by atoms with van der Waals surface area (Å²) in [4.78, 5) is 11.5. The van der Waals surface area contributed by atoms with Gasteiger partial charge in [-0.25, -0.2) is 4.79 Å². The molecule has 0 spiro atoms. The third-order valence-corrected chi connectivity index (χ3v) is 4.16. The number of methoxy groups -OCH3 is 1. The summed E-state index contributed by atoms with van der Waals surface area (Å²) in [5.41, 5.74) is -0.749. The zero-order valence-electron chi connectivity index (χ0n) is 8.97. The molecular weight excluding hydrogens is 333 g/mol. The first-order valence-electron chi connectivity index (χ1n) is 4.72. The van der Waals surface area contributed by atoms with Crippen molar-refractivity contribution in [1.29, 1.82) is 0 Å². The molecule has 1 aromatic carbocycles. The third kappa shape index (κ3) is 2.24. The number of rotatable bonds is 1. The molecule has 0 aliphatic heterocycles. The molecule has 1 aromatic heterocycles. The zero-order valence-corrected chi connectivity index (χ0v) is 11.4. The normalized spacial score (nSPS) is 11.8. The fraction of sp³-hybridized carbons (Fsp3) is 0.182. The number of carbonyl (C=O) groups excluding carboxylic acids is 1. The lowest BCUT2D eigenvalue weighted by Crippen LogP contribution is -2.04. The minimum absolute atomic E-state index is 0.0253. The molecule has 0 fully saturated rings. The summed E-state index contributed by atoms with van der Waals surface area (Å²) in [7, 11) is 1.19. The molecule has 0 unspecified atom stereocenters. The lowest BCUT2D eigenvalue weighted by molar-refractivity contribution is -0.136. The third-order valence-electron chi connectivity index (χ3n) is 2.32. The second kappa shape index (κ2) is 4.55. The Morgan fingerprint density at radius 1 is 1.39 bits per heavy atom. The fourth-order valence-corrected chi connectivity index (χ4v) is 3.23. The van der Waals surface area contributed by atoms with Crippen LogP contribution in [0.1, 0.15) is 15.2 Å². The van der Waals surface area contributed by atoms with Crippen molar-refractivity contribution < 1.29 is 22.7 Å². The first kappa shape index (κ1) is 13.4. The van der Waals surface area contributed by atoms with E-state index in [4.69, 9.17) is 0 Å². The second-order valence-corrected chi connectivity index (χ2v) is 5.34. The lowest BCUT2D eigenvalue weighted by atomic mass is 10.1. The molecule has 2 nitrogen and oxygen atoms in total. The van der Waals surface area contributed by atoms with Crippen LogP contribution >= 0.6 is 27.3 Å². The first-order valence-corrected chi connectivity index (χ1v) is 6.33. The van der Waals surface area contributed by atoms with Gasteiger partial charge in [-0.3, -0.25) is 0 Å². The number of halogens is 4. The summed E-state index contributed by atoms with van der Waals surface area (Å²) < 4.78 is 43.5. The van der Waals surface area contributed by atoms with E-state index < -0.39 is 17.7 Å². The standard InChI is InChI=1S/C11H6BrF3O2S/c1-17-10(16)8-4-5-7(12)3-2-6(9(5)18-8)11(13,14)15/h2-4H,1H3. The molecule has 0 radical (unpaired) electrons. The van der Waals surface area contributed by atoms with Crippen LogP contribution in [0.5, 0.6) is 0 Å². The van der Waals surface area contributed by atoms with Gasteiger partial charge in [-0.15, -0.1) is 11.3 Å². The molecule has 0 aliphatic carbocycles. The van der Waals surface area contributed by atoms with Crippen LogP contribution in [-0.4, -0.2) is 13.1 Å². The van der Waals surface area contributed by atoms with E-state index in [2.05, 4.69) is 20.7 Å². The molecule has 7 heteroatoms. The number of ether oxygens (including phenoxy) is 1. The molecule has 96 valence electrons. The van der Waals surface area contributed by atoms with Gasteiger partial charge in [-0.2, -0.15) is 13.2 Å². The molecule has 2 rings (SSSR count). The van der Waals surface area contributed by atoms with Gasteiger partial charge >= 0.3 is 12.1 Å². The highest BCUT2D eigenvalue weighted by Crippen LogP contribution is 2.41. The van der Waals surface area contributed by atoms with E-state index >= 15 is 0 Å². The SMILES string of the molecule is COC(=O)c1cc2c(Br)ccc(C(F)(F)F)c2s1. The minimum atomic E-state index is -4.45. The monoisotopic (exact) mass is 338 g/mol. The number of benzene rings is 1. The Bertz CT molecular complexity index is 619.